The zero-order chi connectivity index (χ0) is 6.62. The van der Waals surface area contributed by atoms with Crippen LogP contribution < -0.4 is 0 Å². The number of rotatable bonds is 3. The zero-order valence-electron chi connectivity index (χ0n) is 5.35. The Hall–Kier alpha value is 0.940. The second kappa shape index (κ2) is 3.87. The van der Waals surface area contributed by atoms with E-state index in [-0.39, 0.29) is 0 Å². The van der Waals surface area contributed by atoms with E-state index in [4.69, 9.17) is 23.0 Å². The monoisotopic (exact) mass is 170 g/mol. The van der Waals surface area contributed by atoms with Crippen LogP contribution >= 0.6 is 16.6 Å². The molecule has 0 bridgehead atoms. The van der Waals surface area contributed by atoms with Crippen molar-refractivity contribution in [2.75, 3.05) is 12.8 Å². The van der Waals surface area contributed by atoms with Crippen molar-refractivity contribution in [3.05, 3.63) is 0 Å². The normalized spacial score (nSPS) is 17.9. The van der Waals surface area contributed by atoms with Crippen molar-refractivity contribution in [3.8, 4) is 0 Å². The summed E-state index contributed by atoms with van der Waals surface area (Å²) < 4.78 is 0. The lowest BCUT2D eigenvalue weighted by Gasteiger charge is -2.03. The molecule has 0 rings (SSSR count). The Morgan fingerprint density at radius 3 is 2.25 bits per heavy atom. The topological polar surface area (TPSA) is 0 Å². The minimum Gasteiger partial charge on any atom is -0.0859 e. The van der Waals surface area contributed by atoms with Crippen LogP contribution in [0.15, 0.2) is 0 Å². The summed E-state index contributed by atoms with van der Waals surface area (Å²) in [5, 5.41) is -1.38. The molecule has 50 valence electrons. The van der Waals surface area contributed by atoms with Gasteiger partial charge in [0.2, 0.25) is 0 Å². The molecule has 0 saturated heterocycles. The highest BCUT2D eigenvalue weighted by atomic mass is 35.7. The molecule has 0 nitrogen and oxygen atoms in total. The van der Waals surface area contributed by atoms with E-state index in [1.54, 1.807) is 0 Å². The predicted molar refractivity (Wildman–Crippen MR) is 45.8 cm³/mol. The summed E-state index contributed by atoms with van der Waals surface area (Å²) in [5.41, 5.74) is 0. The third-order valence-corrected chi connectivity index (χ3v) is 3.08. The first-order valence-electron chi connectivity index (χ1n) is 2.82. The van der Waals surface area contributed by atoms with E-state index in [1.165, 1.54) is 12.8 Å². The van der Waals surface area contributed by atoms with E-state index < -0.39 is 5.39 Å². The number of hydrogen-bond acceptors (Lipinski definition) is 1. The minimum atomic E-state index is -1.38. The molecule has 0 aromatic rings. The highest BCUT2D eigenvalue weighted by molar-refractivity contribution is 8.26. The van der Waals surface area contributed by atoms with Crippen LogP contribution in [0.5, 0.6) is 0 Å². The van der Waals surface area contributed by atoms with E-state index in [0.717, 1.165) is 6.16 Å². The van der Waals surface area contributed by atoms with Gasteiger partial charge in [-0.2, -0.15) is 0 Å². The molecule has 0 aliphatic heterocycles. The molecule has 3 heteroatoms. The molecule has 0 spiro atoms. The lowest BCUT2D eigenvalue weighted by Crippen LogP contribution is -1.78. The van der Waals surface area contributed by atoms with E-state index in [0.29, 0.717) is 0 Å². The molecular formula is C5H12ClPS. The molecule has 0 heterocycles. The Morgan fingerprint density at radius 2 is 2.12 bits per heavy atom. The van der Waals surface area contributed by atoms with Gasteiger partial charge in [0.15, 0.2) is 0 Å². The van der Waals surface area contributed by atoms with Gasteiger partial charge in [-0.05, 0) is 19.2 Å². The van der Waals surface area contributed by atoms with E-state index in [9.17, 15) is 0 Å². The van der Waals surface area contributed by atoms with Crippen LogP contribution in [0.3, 0.4) is 0 Å². The molecule has 0 aliphatic rings. The van der Waals surface area contributed by atoms with Gasteiger partial charge in [0, 0.05) is 5.39 Å². The van der Waals surface area contributed by atoms with E-state index >= 15 is 0 Å². The Kier molecular flexibility index (Phi) is 4.33. The van der Waals surface area contributed by atoms with E-state index in [2.05, 4.69) is 6.92 Å². The van der Waals surface area contributed by atoms with Crippen LogP contribution in [0.2, 0.25) is 0 Å². The van der Waals surface area contributed by atoms with Crippen LogP contribution in [-0.4, -0.2) is 12.8 Å². The maximum atomic E-state index is 5.84. The molecule has 1 atom stereocenters. The Balaban J connectivity index is 3.26. The average molecular weight is 171 g/mol. The third kappa shape index (κ3) is 6.94. The van der Waals surface area contributed by atoms with Crippen molar-refractivity contribution >= 4 is 28.4 Å². The molecular weight excluding hydrogens is 159 g/mol. The summed E-state index contributed by atoms with van der Waals surface area (Å²) in [7, 11) is 0. The van der Waals surface area contributed by atoms with Gasteiger partial charge in [0.05, 0.1) is 0 Å². The van der Waals surface area contributed by atoms with Gasteiger partial charge in [-0.25, -0.2) is 0 Å². The van der Waals surface area contributed by atoms with Crippen molar-refractivity contribution in [2.24, 2.45) is 0 Å². The molecule has 0 saturated carbocycles. The van der Waals surface area contributed by atoms with E-state index in [1.807, 2.05) is 6.66 Å². The fraction of sp³-hybridized carbons (Fsp3) is 1.00. The van der Waals surface area contributed by atoms with Crippen molar-refractivity contribution in [2.45, 2.75) is 19.8 Å². The van der Waals surface area contributed by atoms with Gasteiger partial charge in [0.1, 0.15) is 0 Å². The van der Waals surface area contributed by atoms with Gasteiger partial charge in [-0.1, -0.05) is 36.4 Å². The number of unbranched alkanes of at least 4 members (excludes halogenated alkanes) is 1. The Bertz CT molecular complexity index is 96.6. The largest absolute Gasteiger partial charge is 0.0859 e. The summed E-state index contributed by atoms with van der Waals surface area (Å²) in [6, 6.07) is 0. The first kappa shape index (κ1) is 8.94. The first-order valence-corrected chi connectivity index (χ1v) is 7.16. The molecule has 0 radical (unpaired) electrons. The van der Waals surface area contributed by atoms with Gasteiger partial charge in [-0.15, -0.1) is 0 Å². The van der Waals surface area contributed by atoms with Crippen molar-refractivity contribution in [1.82, 2.24) is 0 Å². The SMILES string of the molecule is CCCCP(C)(=S)Cl. The molecule has 8 heavy (non-hydrogen) atoms. The summed E-state index contributed by atoms with van der Waals surface area (Å²) in [6.45, 7) is 4.14. The highest BCUT2D eigenvalue weighted by Crippen LogP contribution is 2.47. The van der Waals surface area contributed by atoms with Crippen LogP contribution in [0.25, 0.3) is 0 Å². The quantitative estimate of drug-likeness (QED) is 0.587. The third-order valence-electron chi connectivity index (χ3n) is 0.911. The molecule has 0 N–H and O–H groups in total. The molecule has 1 unspecified atom stereocenters. The molecule has 0 amide bonds. The Morgan fingerprint density at radius 1 is 1.62 bits per heavy atom. The van der Waals surface area contributed by atoms with Crippen molar-refractivity contribution < 1.29 is 0 Å². The highest BCUT2D eigenvalue weighted by Gasteiger charge is 2.01. The van der Waals surface area contributed by atoms with Crippen LogP contribution in [0.4, 0.5) is 0 Å². The van der Waals surface area contributed by atoms with Gasteiger partial charge < -0.3 is 0 Å². The predicted octanol–water partition coefficient (Wildman–Crippen LogP) is 3.05. The summed E-state index contributed by atoms with van der Waals surface area (Å²) in [4.78, 5) is 0. The maximum absolute atomic E-state index is 5.84. The van der Waals surface area contributed by atoms with Crippen LogP contribution in [-0.2, 0) is 11.8 Å². The fourth-order valence-corrected chi connectivity index (χ4v) is 2.07. The van der Waals surface area contributed by atoms with Crippen molar-refractivity contribution in [3.63, 3.8) is 0 Å². The lowest BCUT2D eigenvalue weighted by molar-refractivity contribution is 0.893. The maximum Gasteiger partial charge on any atom is 0.0359 e. The van der Waals surface area contributed by atoms with Crippen LogP contribution in [0, 0.1) is 0 Å². The standard InChI is InChI=1S/C5H12ClPS/c1-3-4-5-7(2,6)8/h3-5H2,1-2H3. The first-order chi connectivity index (χ1) is 3.56. The van der Waals surface area contributed by atoms with Gasteiger partial charge in [-0.3, -0.25) is 0 Å². The minimum absolute atomic E-state index is 1.06. The van der Waals surface area contributed by atoms with Gasteiger partial charge in [0.25, 0.3) is 0 Å². The molecule has 0 aromatic heterocycles. The summed E-state index contributed by atoms with van der Waals surface area (Å²) in [6.07, 6.45) is 3.45. The number of halogens is 1. The molecule has 0 aromatic carbocycles. The zero-order valence-corrected chi connectivity index (χ0v) is 7.82. The average Bonchev–Trinajstić information content (AvgIpc) is 1.59. The van der Waals surface area contributed by atoms with Gasteiger partial charge >= 0.3 is 0 Å². The van der Waals surface area contributed by atoms with Crippen molar-refractivity contribution in [1.29, 1.82) is 0 Å². The van der Waals surface area contributed by atoms with Crippen LogP contribution in [0.1, 0.15) is 19.8 Å². The Labute approximate surface area is 61.4 Å². The number of hydrogen-bond donors (Lipinski definition) is 0. The smallest absolute Gasteiger partial charge is 0.0359 e. The summed E-state index contributed by atoms with van der Waals surface area (Å²) >= 11 is 10.9. The second-order valence-electron chi connectivity index (χ2n) is 2.06. The second-order valence-corrected chi connectivity index (χ2v) is 9.74. The lowest BCUT2D eigenvalue weighted by atomic mass is 10.4. The summed E-state index contributed by atoms with van der Waals surface area (Å²) in [5.74, 6) is 0. The molecule has 0 aliphatic carbocycles. The molecule has 0 fully saturated rings. The fourth-order valence-electron chi connectivity index (χ4n) is 0.441.